The lowest BCUT2D eigenvalue weighted by atomic mass is 10.0. The van der Waals surface area contributed by atoms with Crippen LogP contribution in [0.4, 0.5) is 10.1 Å². The molecule has 1 amide bonds. The molecule has 0 radical (unpaired) electrons. The van der Waals surface area contributed by atoms with Gasteiger partial charge in [0.1, 0.15) is 24.0 Å². The van der Waals surface area contributed by atoms with Crippen molar-refractivity contribution in [3.8, 4) is 11.8 Å². The smallest absolute Gasteiger partial charge is 0.242 e. The predicted molar refractivity (Wildman–Crippen MR) is 93.2 cm³/mol. The Labute approximate surface area is 150 Å². The van der Waals surface area contributed by atoms with Crippen molar-refractivity contribution in [3.05, 3.63) is 47.3 Å². The molecule has 0 aliphatic carbocycles. The highest BCUT2D eigenvalue weighted by atomic mass is 35.5. The van der Waals surface area contributed by atoms with Crippen molar-refractivity contribution in [2.24, 2.45) is 0 Å². The summed E-state index contributed by atoms with van der Waals surface area (Å²) in [6.07, 6.45) is 0.499. The number of halogens is 2. The molecule has 0 unspecified atom stereocenters. The normalized spacial score (nSPS) is 13.2. The second-order valence-electron chi connectivity index (χ2n) is 5.54. The van der Waals surface area contributed by atoms with Gasteiger partial charge < -0.3 is 14.4 Å². The Balaban J connectivity index is 2.00. The van der Waals surface area contributed by atoms with Crippen LogP contribution in [-0.2, 0) is 11.2 Å². The second-order valence-corrected chi connectivity index (χ2v) is 5.81. The maximum atomic E-state index is 13.1. The number of carbonyl (C=O) groups excluding carboxylic acids is 1. The van der Waals surface area contributed by atoms with Crippen LogP contribution in [0.2, 0.25) is 0 Å². The van der Waals surface area contributed by atoms with Gasteiger partial charge >= 0.3 is 0 Å². The van der Waals surface area contributed by atoms with Gasteiger partial charge in [-0.05, 0) is 30.7 Å². The molecule has 0 saturated heterocycles. The molecule has 2 heterocycles. The fourth-order valence-electron chi connectivity index (χ4n) is 2.71. The molecule has 1 aliphatic rings. The molecule has 1 aliphatic heterocycles. The number of carbonyl (C=O) groups is 1. The fourth-order valence-corrected chi connectivity index (χ4v) is 2.85. The van der Waals surface area contributed by atoms with Crippen LogP contribution in [-0.4, -0.2) is 36.5 Å². The fraction of sp³-hybridized carbons (Fsp3) is 0.333. The summed E-state index contributed by atoms with van der Waals surface area (Å²) in [6.45, 7) is 3.09. The van der Waals surface area contributed by atoms with Gasteiger partial charge in [0.05, 0.1) is 13.2 Å². The third kappa shape index (κ3) is 3.85. The van der Waals surface area contributed by atoms with Crippen molar-refractivity contribution in [2.45, 2.75) is 13.3 Å². The summed E-state index contributed by atoms with van der Waals surface area (Å²) in [7, 11) is 0. The van der Waals surface area contributed by atoms with Gasteiger partial charge in [-0.15, -0.1) is 11.6 Å². The highest BCUT2D eigenvalue weighted by Crippen LogP contribution is 2.35. The average Bonchev–Trinajstić information content (AvgIpc) is 2.63. The van der Waals surface area contributed by atoms with E-state index in [4.69, 9.17) is 21.1 Å². The van der Waals surface area contributed by atoms with E-state index in [1.54, 1.807) is 17.0 Å². The van der Waals surface area contributed by atoms with Gasteiger partial charge in [-0.3, -0.25) is 4.79 Å². The summed E-state index contributed by atoms with van der Waals surface area (Å²) in [6, 6.07) is 8.08. The molecule has 132 valence electrons. The summed E-state index contributed by atoms with van der Waals surface area (Å²) in [4.78, 5) is 18.1. The first kappa shape index (κ1) is 17.5. The number of anilines is 1. The first-order valence-electron chi connectivity index (χ1n) is 8.02. The number of hydrogen-bond donors (Lipinski definition) is 0. The molecule has 2 aromatic rings. The average molecular weight is 365 g/mol. The summed E-state index contributed by atoms with van der Waals surface area (Å²) >= 11 is 5.70. The van der Waals surface area contributed by atoms with E-state index in [9.17, 15) is 9.18 Å². The standard InChI is InChI=1S/C18H18ClFN2O3/c1-2-24-17-13(9-12-3-5-14(20)6-4-12)10-15-18(21-17)25-8-7-22(15)16(23)11-19/h3-6,10H,2,7-9,11H2,1H3. The van der Waals surface area contributed by atoms with E-state index in [2.05, 4.69) is 4.98 Å². The van der Waals surface area contributed by atoms with Crippen molar-refractivity contribution < 1.29 is 18.7 Å². The van der Waals surface area contributed by atoms with E-state index in [-0.39, 0.29) is 17.6 Å². The van der Waals surface area contributed by atoms with E-state index < -0.39 is 0 Å². The minimum atomic E-state index is -0.287. The van der Waals surface area contributed by atoms with Gasteiger partial charge in [0.2, 0.25) is 17.7 Å². The zero-order valence-electron chi connectivity index (χ0n) is 13.8. The number of nitrogens with zero attached hydrogens (tertiary/aromatic N) is 2. The van der Waals surface area contributed by atoms with Crippen molar-refractivity contribution in [3.63, 3.8) is 0 Å². The third-order valence-corrected chi connectivity index (χ3v) is 4.09. The lowest BCUT2D eigenvalue weighted by molar-refractivity contribution is -0.116. The van der Waals surface area contributed by atoms with Crippen molar-refractivity contribution in [2.75, 3.05) is 30.5 Å². The van der Waals surface area contributed by atoms with E-state index in [1.165, 1.54) is 12.1 Å². The van der Waals surface area contributed by atoms with Crippen LogP contribution in [0.25, 0.3) is 0 Å². The number of hydrogen-bond acceptors (Lipinski definition) is 4. The summed E-state index contributed by atoms with van der Waals surface area (Å²) in [5.74, 6) is 0.205. The maximum Gasteiger partial charge on any atom is 0.242 e. The quantitative estimate of drug-likeness (QED) is 0.765. The molecule has 0 bridgehead atoms. The number of alkyl halides is 1. The lowest BCUT2D eigenvalue weighted by Gasteiger charge is -2.29. The first-order valence-corrected chi connectivity index (χ1v) is 8.56. The number of ether oxygens (including phenoxy) is 2. The molecule has 0 atom stereocenters. The Hall–Kier alpha value is -2.34. The van der Waals surface area contributed by atoms with Gasteiger partial charge in [0.25, 0.3) is 0 Å². The van der Waals surface area contributed by atoms with Crippen molar-refractivity contribution >= 4 is 23.2 Å². The Kier molecular flexibility index (Phi) is 5.38. The van der Waals surface area contributed by atoms with Crippen LogP contribution in [0.15, 0.2) is 30.3 Å². The molecule has 25 heavy (non-hydrogen) atoms. The molecule has 0 N–H and O–H groups in total. The van der Waals surface area contributed by atoms with Crippen LogP contribution >= 0.6 is 11.6 Å². The minimum Gasteiger partial charge on any atom is -0.478 e. The van der Waals surface area contributed by atoms with Crippen LogP contribution in [0.1, 0.15) is 18.1 Å². The summed E-state index contributed by atoms with van der Waals surface area (Å²) in [5.41, 5.74) is 2.29. The maximum absolute atomic E-state index is 13.1. The number of fused-ring (bicyclic) bond motifs is 1. The largest absolute Gasteiger partial charge is 0.478 e. The molecular weight excluding hydrogens is 347 g/mol. The molecule has 7 heteroatoms. The van der Waals surface area contributed by atoms with E-state index >= 15 is 0 Å². The van der Waals surface area contributed by atoms with Crippen molar-refractivity contribution in [1.82, 2.24) is 4.98 Å². The zero-order valence-corrected chi connectivity index (χ0v) is 14.6. The minimum absolute atomic E-state index is 0.111. The second kappa shape index (κ2) is 7.70. The van der Waals surface area contributed by atoms with Crippen LogP contribution < -0.4 is 14.4 Å². The third-order valence-electron chi connectivity index (χ3n) is 3.86. The SMILES string of the molecule is CCOc1nc2c(cc1Cc1ccc(F)cc1)N(C(=O)CCl)CCO2. The Morgan fingerprint density at radius 2 is 2.16 bits per heavy atom. The van der Waals surface area contributed by atoms with Crippen LogP contribution in [0.5, 0.6) is 11.8 Å². The highest BCUT2D eigenvalue weighted by molar-refractivity contribution is 6.29. The van der Waals surface area contributed by atoms with E-state index in [0.717, 1.165) is 11.1 Å². The molecule has 0 fully saturated rings. The van der Waals surface area contributed by atoms with Crippen LogP contribution in [0.3, 0.4) is 0 Å². The number of amides is 1. The van der Waals surface area contributed by atoms with E-state index in [0.29, 0.717) is 43.6 Å². The topological polar surface area (TPSA) is 51.7 Å². The van der Waals surface area contributed by atoms with Gasteiger partial charge in [-0.1, -0.05) is 12.1 Å². The molecule has 0 saturated carbocycles. The van der Waals surface area contributed by atoms with Crippen molar-refractivity contribution in [1.29, 1.82) is 0 Å². The van der Waals surface area contributed by atoms with E-state index in [1.807, 2.05) is 13.0 Å². The predicted octanol–water partition coefficient (Wildman–Crippen LogP) is 3.17. The van der Waals surface area contributed by atoms with Crippen LogP contribution in [0, 0.1) is 5.82 Å². The number of pyridine rings is 1. The number of benzene rings is 1. The molecule has 3 rings (SSSR count). The molecule has 0 spiro atoms. The zero-order chi connectivity index (χ0) is 17.8. The Morgan fingerprint density at radius 1 is 1.40 bits per heavy atom. The highest BCUT2D eigenvalue weighted by Gasteiger charge is 2.26. The van der Waals surface area contributed by atoms with Gasteiger partial charge in [-0.25, -0.2) is 4.39 Å². The van der Waals surface area contributed by atoms with Gasteiger partial charge in [0.15, 0.2) is 0 Å². The molecule has 1 aromatic carbocycles. The van der Waals surface area contributed by atoms with Gasteiger partial charge in [0, 0.05) is 12.0 Å². The first-order chi connectivity index (χ1) is 12.1. The summed E-state index contributed by atoms with van der Waals surface area (Å²) in [5, 5.41) is 0. The number of aromatic nitrogens is 1. The van der Waals surface area contributed by atoms with Gasteiger partial charge in [-0.2, -0.15) is 4.98 Å². The monoisotopic (exact) mass is 364 g/mol. The molecule has 1 aromatic heterocycles. The molecule has 5 nitrogen and oxygen atoms in total. The Bertz CT molecular complexity index is 768. The summed E-state index contributed by atoms with van der Waals surface area (Å²) < 4.78 is 24.3. The lowest BCUT2D eigenvalue weighted by Crippen LogP contribution is -2.39. The Morgan fingerprint density at radius 3 is 2.84 bits per heavy atom. The number of rotatable bonds is 5. The molecular formula is C18H18ClFN2O3.